The molecule has 1 aromatic heterocycles. The maximum absolute atomic E-state index is 13.4. The van der Waals surface area contributed by atoms with Crippen LogP contribution in [0.15, 0.2) is 41.6 Å². The summed E-state index contributed by atoms with van der Waals surface area (Å²) in [5.74, 6) is 0.299. The summed E-state index contributed by atoms with van der Waals surface area (Å²) >= 11 is 1.34. The van der Waals surface area contributed by atoms with Gasteiger partial charge in [-0.2, -0.15) is 5.26 Å². The van der Waals surface area contributed by atoms with Crippen LogP contribution in [0.2, 0.25) is 0 Å². The fraction of sp³-hybridized carbons (Fsp3) is 0.263. The number of fused-ring (bicyclic) bond motifs is 2. The Morgan fingerprint density at radius 1 is 1.31 bits per heavy atom. The summed E-state index contributed by atoms with van der Waals surface area (Å²) in [5.41, 5.74) is 1.70. The summed E-state index contributed by atoms with van der Waals surface area (Å²) in [4.78, 5) is 7.56. The second-order valence-electron chi connectivity index (χ2n) is 6.76. The minimum absolute atomic E-state index is 0.339. The Labute approximate surface area is 153 Å². The molecule has 0 spiro atoms. The standard InChI is InChI=1S/C19H16FN3O2S/c1-19(2)17(24)16(12-7-10(9-21)3-6-15(12)25-19)26-18-22-13-5-4-11(20)8-14(13)23-18/h3-8,16-17,24H,1-2H3,(H,22,23)/t16-,17+/m1/s1. The lowest BCUT2D eigenvalue weighted by atomic mass is 9.90. The lowest BCUT2D eigenvalue weighted by Crippen LogP contribution is -2.48. The van der Waals surface area contributed by atoms with E-state index in [-0.39, 0.29) is 11.1 Å². The number of nitrogens with one attached hydrogen (secondary N) is 1. The van der Waals surface area contributed by atoms with E-state index in [1.807, 2.05) is 13.8 Å². The van der Waals surface area contributed by atoms with Gasteiger partial charge < -0.3 is 14.8 Å². The van der Waals surface area contributed by atoms with E-state index in [9.17, 15) is 14.8 Å². The van der Waals surface area contributed by atoms with Crippen LogP contribution in [0.3, 0.4) is 0 Å². The molecule has 0 unspecified atom stereocenters. The molecule has 5 nitrogen and oxygen atoms in total. The Morgan fingerprint density at radius 2 is 2.12 bits per heavy atom. The molecule has 0 fully saturated rings. The Balaban J connectivity index is 1.77. The quantitative estimate of drug-likeness (QED) is 0.715. The molecule has 2 N–H and O–H groups in total. The Bertz CT molecular complexity index is 1040. The normalized spacial score (nSPS) is 21.0. The van der Waals surface area contributed by atoms with Gasteiger partial charge in [0.05, 0.1) is 27.9 Å². The zero-order chi connectivity index (χ0) is 18.5. The number of H-pyrrole nitrogens is 1. The van der Waals surface area contributed by atoms with Gasteiger partial charge in [-0.15, -0.1) is 0 Å². The van der Waals surface area contributed by atoms with Crippen LogP contribution < -0.4 is 4.74 Å². The van der Waals surface area contributed by atoms with Crippen LogP contribution in [0, 0.1) is 17.1 Å². The Hall–Kier alpha value is -2.56. The van der Waals surface area contributed by atoms with Gasteiger partial charge in [0.1, 0.15) is 23.3 Å². The summed E-state index contributed by atoms with van der Waals surface area (Å²) in [5, 5.41) is 20.2. The fourth-order valence-corrected chi connectivity index (χ4v) is 4.40. The molecule has 0 amide bonds. The predicted octanol–water partition coefficient (Wildman–Crippen LogP) is 3.94. The minimum atomic E-state index is -0.820. The van der Waals surface area contributed by atoms with Gasteiger partial charge in [-0.1, -0.05) is 11.8 Å². The molecular formula is C19H16FN3O2S. The highest BCUT2D eigenvalue weighted by molar-refractivity contribution is 7.99. The molecule has 7 heteroatoms. The first kappa shape index (κ1) is 16.9. The highest BCUT2D eigenvalue weighted by atomic mass is 32.2. The first-order valence-corrected chi connectivity index (χ1v) is 8.98. The topological polar surface area (TPSA) is 81.9 Å². The van der Waals surface area contributed by atoms with E-state index in [0.717, 1.165) is 5.56 Å². The van der Waals surface area contributed by atoms with Gasteiger partial charge in [-0.25, -0.2) is 9.37 Å². The van der Waals surface area contributed by atoms with Gasteiger partial charge in [0.15, 0.2) is 5.16 Å². The number of nitrogens with zero attached hydrogens (tertiary/aromatic N) is 2. The average Bonchev–Trinajstić information content (AvgIpc) is 3.00. The summed E-state index contributed by atoms with van der Waals surface area (Å²) in [7, 11) is 0. The van der Waals surface area contributed by atoms with Crippen molar-refractivity contribution in [3.05, 3.63) is 53.3 Å². The van der Waals surface area contributed by atoms with Crippen molar-refractivity contribution < 1.29 is 14.2 Å². The van der Waals surface area contributed by atoms with E-state index in [4.69, 9.17) is 4.74 Å². The summed E-state index contributed by atoms with van der Waals surface area (Å²) in [6.07, 6.45) is -0.820. The third-order valence-corrected chi connectivity index (χ3v) is 5.66. The number of aliphatic hydroxyl groups is 1. The largest absolute Gasteiger partial charge is 0.485 e. The molecule has 2 atom stereocenters. The molecule has 132 valence electrons. The number of rotatable bonds is 2. The SMILES string of the molecule is CC1(C)Oc2ccc(C#N)cc2[C@@H](Sc2nc3ccc(F)cc3[nH]2)[C@@H]1O. The van der Waals surface area contributed by atoms with Gasteiger partial charge in [0, 0.05) is 5.56 Å². The molecule has 1 aliphatic rings. The van der Waals surface area contributed by atoms with Gasteiger partial charge >= 0.3 is 0 Å². The fourth-order valence-electron chi connectivity index (χ4n) is 3.07. The van der Waals surface area contributed by atoms with Gasteiger partial charge in [-0.05, 0) is 50.2 Å². The Kier molecular flexibility index (Phi) is 3.90. The molecule has 1 aliphatic heterocycles. The molecule has 2 heterocycles. The molecule has 3 aromatic rings. The number of aromatic nitrogens is 2. The lowest BCUT2D eigenvalue weighted by Gasteiger charge is -2.41. The third-order valence-electron chi connectivity index (χ3n) is 4.48. The van der Waals surface area contributed by atoms with E-state index in [0.29, 0.717) is 27.5 Å². The molecule has 0 radical (unpaired) electrons. The van der Waals surface area contributed by atoms with Crippen LogP contribution in [0.25, 0.3) is 11.0 Å². The van der Waals surface area contributed by atoms with Crippen LogP contribution in [-0.4, -0.2) is 26.8 Å². The molecule has 2 aromatic carbocycles. The molecule has 4 rings (SSSR count). The Morgan fingerprint density at radius 3 is 2.88 bits per heavy atom. The van der Waals surface area contributed by atoms with Crippen molar-refractivity contribution in [3.8, 4) is 11.8 Å². The van der Waals surface area contributed by atoms with E-state index in [2.05, 4.69) is 16.0 Å². The molecular weight excluding hydrogens is 353 g/mol. The van der Waals surface area contributed by atoms with Crippen LogP contribution >= 0.6 is 11.8 Å². The third kappa shape index (κ3) is 2.81. The highest BCUT2D eigenvalue weighted by Gasteiger charge is 2.43. The van der Waals surface area contributed by atoms with Gasteiger partial charge in [0.25, 0.3) is 0 Å². The first-order chi connectivity index (χ1) is 12.4. The zero-order valence-corrected chi connectivity index (χ0v) is 15.0. The highest BCUT2D eigenvalue weighted by Crippen LogP contribution is 2.48. The van der Waals surface area contributed by atoms with E-state index >= 15 is 0 Å². The van der Waals surface area contributed by atoms with Gasteiger partial charge in [0.2, 0.25) is 0 Å². The minimum Gasteiger partial charge on any atom is -0.485 e. The zero-order valence-electron chi connectivity index (χ0n) is 14.2. The first-order valence-electron chi connectivity index (χ1n) is 8.10. The number of imidazole rings is 1. The van der Waals surface area contributed by atoms with Crippen molar-refractivity contribution in [2.24, 2.45) is 0 Å². The van der Waals surface area contributed by atoms with Crippen LogP contribution in [-0.2, 0) is 0 Å². The second-order valence-corrected chi connectivity index (χ2v) is 7.89. The monoisotopic (exact) mass is 369 g/mol. The van der Waals surface area contributed by atoms with E-state index in [1.54, 1.807) is 24.3 Å². The summed E-state index contributed by atoms with van der Waals surface area (Å²) in [6, 6.07) is 11.6. The van der Waals surface area contributed by atoms with Crippen molar-refractivity contribution >= 4 is 22.8 Å². The number of aliphatic hydroxyl groups excluding tert-OH is 1. The number of ether oxygens (including phenoxy) is 1. The van der Waals surface area contributed by atoms with Crippen molar-refractivity contribution in [2.75, 3.05) is 0 Å². The number of benzene rings is 2. The molecule has 0 aliphatic carbocycles. The van der Waals surface area contributed by atoms with Crippen molar-refractivity contribution in [3.63, 3.8) is 0 Å². The molecule has 0 saturated carbocycles. The number of nitriles is 1. The smallest absolute Gasteiger partial charge is 0.167 e. The lowest BCUT2D eigenvalue weighted by molar-refractivity contribution is -0.0430. The number of aromatic amines is 1. The number of hydrogen-bond acceptors (Lipinski definition) is 5. The summed E-state index contributed by atoms with van der Waals surface area (Å²) < 4.78 is 19.3. The van der Waals surface area contributed by atoms with Crippen LogP contribution in [0.4, 0.5) is 4.39 Å². The van der Waals surface area contributed by atoms with E-state index < -0.39 is 11.7 Å². The van der Waals surface area contributed by atoms with Crippen molar-refractivity contribution in [2.45, 2.75) is 36.0 Å². The number of thioether (sulfide) groups is 1. The molecule has 0 bridgehead atoms. The van der Waals surface area contributed by atoms with E-state index in [1.165, 1.54) is 23.9 Å². The number of halogens is 1. The summed E-state index contributed by atoms with van der Waals surface area (Å²) in [6.45, 7) is 3.64. The van der Waals surface area contributed by atoms with Crippen LogP contribution in [0.1, 0.15) is 30.2 Å². The molecule has 0 saturated heterocycles. The maximum atomic E-state index is 13.4. The predicted molar refractivity (Wildman–Crippen MR) is 96.5 cm³/mol. The van der Waals surface area contributed by atoms with Crippen molar-refractivity contribution in [1.29, 1.82) is 5.26 Å². The van der Waals surface area contributed by atoms with Crippen molar-refractivity contribution in [1.82, 2.24) is 9.97 Å². The molecule has 26 heavy (non-hydrogen) atoms. The average molecular weight is 369 g/mol. The number of hydrogen-bond donors (Lipinski definition) is 2. The second kappa shape index (κ2) is 6.01. The maximum Gasteiger partial charge on any atom is 0.167 e. The van der Waals surface area contributed by atoms with Crippen LogP contribution in [0.5, 0.6) is 5.75 Å². The van der Waals surface area contributed by atoms with Gasteiger partial charge in [-0.3, -0.25) is 0 Å².